The van der Waals surface area contributed by atoms with Crippen LogP contribution in [0.1, 0.15) is 39.2 Å². The monoisotopic (exact) mass is 369 g/mol. The number of hydrogen-bond donors (Lipinski definition) is 3. The Balaban J connectivity index is 2.60. The molecule has 142 valence electrons. The number of aliphatic imine (C=N–C) groups is 1. The largest absolute Gasteiger partial charge is 0.388 e. The van der Waals surface area contributed by atoms with Crippen molar-refractivity contribution in [1.29, 1.82) is 0 Å². The van der Waals surface area contributed by atoms with Gasteiger partial charge in [-0.05, 0) is 43.9 Å². The fraction of sp³-hybridized carbons (Fsp3) is 0.611. The van der Waals surface area contributed by atoms with Gasteiger partial charge in [0.1, 0.15) is 0 Å². The number of nitrogens with one attached hydrogen (secondary N) is 2. The summed E-state index contributed by atoms with van der Waals surface area (Å²) in [7, 11) is -3.16. The first-order chi connectivity index (χ1) is 11.7. The van der Waals surface area contributed by atoms with Gasteiger partial charge >= 0.3 is 0 Å². The fourth-order valence-corrected chi connectivity index (χ4v) is 2.90. The second kappa shape index (κ2) is 9.77. The van der Waals surface area contributed by atoms with Crippen molar-refractivity contribution in [2.45, 2.75) is 50.5 Å². The maximum atomic E-state index is 11.5. The van der Waals surface area contributed by atoms with Crippen LogP contribution in [-0.2, 0) is 16.3 Å². The molecule has 25 heavy (non-hydrogen) atoms. The predicted octanol–water partition coefficient (Wildman–Crippen LogP) is 1.74. The third kappa shape index (κ3) is 7.44. The zero-order chi connectivity index (χ0) is 18.9. The van der Waals surface area contributed by atoms with Gasteiger partial charge in [0, 0.05) is 19.3 Å². The second-order valence-corrected chi connectivity index (χ2v) is 8.24. The SMILES string of the molecule is CCNC(=NCC(O)(CC)CC)NCCc1ccc(S(C)(=O)=O)cc1. The highest BCUT2D eigenvalue weighted by Gasteiger charge is 2.21. The molecule has 0 atom stereocenters. The van der Waals surface area contributed by atoms with Crippen LogP contribution >= 0.6 is 0 Å². The van der Waals surface area contributed by atoms with Crippen LogP contribution in [0, 0.1) is 0 Å². The molecule has 0 aliphatic carbocycles. The minimum absolute atomic E-state index is 0.331. The summed E-state index contributed by atoms with van der Waals surface area (Å²) in [5.41, 5.74) is 0.290. The van der Waals surface area contributed by atoms with Crippen LogP contribution in [0.2, 0.25) is 0 Å². The summed E-state index contributed by atoms with van der Waals surface area (Å²) in [5, 5.41) is 16.7. The van der Waals surface area contributed by atoms with Crippen LogP contribution in [-0.4, -0.2) is 51.0 Å². The van der Waals surface area contributed by atoms with Crippen LogP contribution in [0.25, 0.3) is 0 Å². The van der Waals surface area contributed by atoms with Gasteiger partial charge in [-0.25, -0.2) is 8.42 Å². The second-order valence-electron chi connectivity index (χ2n) is 6.22. The van der Waals surface area contributed by atoms with E-state index >= 15 is 0 Å². The summed E-state index contributed by atoms with van der Waals surface area (Å²) in [4.78, 5) is 4.80. The Hall–Kier alpha value is -1.60. The topological polar surface area (TPSA) is 90.8 Å². The Morgan fingerprint density at radius 3 is 2.20 bits per heavy atom. The molecule has 0 amide bonds. The molecule has 0 unspecified atom stereocenters. The van der Waals surface area contributed by atoms with E-state index in [2.05, 4.69) is 15.6 Å². The Morgan fingerprint density at radius 2 is 1.72 bits per heavy atom. The molecule has 0 fully saturated rings. The number of sulfone groups is 1. The van der Waals surface area contributed by atoms with Crippen LogP contribution < -0.4 is 10.6 Å². The van der Waals surface area contributed by atoms with Crippen molar-refractivity contribution in [1.82, 2.24) is 10.6 Å². The number of hydrogen-bond acceptors (Lipinski definition) is 4. The number of nitrogens with zero attached hydrogens (tertiary/aromatic N) is 1. The Bertz CT molecular complexity index is 651. The molecule has 7 heteroatoms. The first-order valence-electron chi connectivity index (χ1n) is 8.77. The lowest BCUT2D eigenvalue weighted by molar-refractivity contribution is 0.0418. The van der Waals surface area contributed by atoms with Crippen molar-refractivity contribution in [3.63, 3.8) is 0 Å². The van der Waals surface area contributed by atoms with Gasteiger partial charge in [0.2, 0.25) is 0 Å². The Kier molecular flexibility index (Phi) is 8.38. The fourth-order valence-electron chi connectivity index (χ4n) is 2.27. The van der Waals surface area contributed by atoms with Gasteiger partial charge in [0.25, 0.3) is 0 Å². The molecule has 0 radical (unpaired) electrons. The molecule has 0 aliphatic heterocycles. The summed E-state index contributed by atoms with van der Waals surface area (Å²) in [5.74, 6) is 0.676. The van der Waals surface area contributed by atoms with Crippen molar-refractivity contribution in [3.05, 3.63) is 29.8 Å². The van der Waals surface area contributed by atoms with Crippen LogP contribution in [0.4, 0.5) is 0 Å². The lowest BCUT2D eigenvalue weighted by Gasteiger charge is -2.23. The zero-order valence-electron chi connectivity index (χ0n) is 15.7. The normalized spacial score (nSPS) is 12.9. The molecular formula is C18H31N3O3S. The molecule has 0 spiro atoms. The summed E-state index contributed by atoms with van der Waals surface area (Å²) in [6, 6.07) is 6.92. The maximum Gasteiger partial charge on any atom is 0.191 e. The summed E-state index contributed by atoms with van der Waals surface area (Å²) < 4.78 is 22.9. The minimum Gasteiger partial charge on any atom is -0.388 e. The minimum atomic E-state index is -3.16. The molecule has 0 aromatic heterocycles. The number of guanidine groups is 1. The van der Waals surface area contributed by atoms with Crippen molar-refractivity contribution < 1.29 is 13.5 Å². The third-order valence-corrected chi connectivity index (χ3v) is 5.38. The van der Waals surface area contributed by atoms with E-state index in [1.807, 2.05) is 32.9 Å². The quantitative estimate of drug-likeness (QED) is 0.456. The molecule has 0 saturated carbocycles. The molecule has 1 rings (SSSR count). The molecular weight excluding hydrogens is 338 g/mol. The van der Waals surface area contributed by atoms with Crippen LogP contribution in [0.5, 0.6) is 0 Å². The van der Waals surface area contributed by atoms with Gasteiger partial charge in [-0.3, -0.25) is 4.99 Å². The van der Waals surface area contributed by atoms with Gasteiger partial charge in [-0.15, -0.1) is 0 Å². The van der Waals surface area contributed by atoms with Crippen LogP contribution in [0.3, 0.4) is 0 Å². The molecule has 1 aromatic carbocycles. The van der Waals surface area contributed by atoms with Gasteiger partial charge in [0.05, 0.1) is 17.0 Å². The molecule has 3 N–H and O–H groups in total. The molecule has 0 bridgehead atoms. The van der Waals surface area contributed by atoms with Crippen molar-refractivity contribution >= 4 is 15.8 Å². The summed E-state index contributed by atoms with van der Waals surface area (Å²) in [6.45, 7) is 7.68. The molecule has 6 nitrogen and oxygen atoms in total. The van der Waals surface area contributed by atoms with Gasteiger partial charge in [-0.1, -0.05) is 26.0 Å². The third-order valence-electron chi connectivity index (χ3n) is 4.25. The van der Waals surface area contributed by atoms with Gasteiger partial charge in [0.15, 0.2) is 15.8 Å². The Morgan fingerprint density at radius 1 is 1.12 bits per heavy atom. The highest BCUT2D eigenvalue weighted by Crippen LogP contribution is 2.14. The van der Waals surface area contributed by atoms with Gasteiger partial charge < -0.3 is 15.7 Å². The maximum absolute atomic E-state index is 11.5. The van der Waals surface area contributed by atoms with E-state index in [1.165, 1.54) is 6.26 Å². The van der Waals surface area contributed by atoms with E-state index < -0.39 is 15.4 Å². The highest BCUT2D eigenvalue weighted by molar-refractivity contribution is 7.90. The first-order valence-corrected chi connectivity index (χ1v) is 10.7. The zero-order valence-corrected chi connectivity index (χ0v) is 16.5. The van der Waals surface area contributed by atoms with Crippen molar-refractivity contribution in [2.75, 3.05) is 25.9 Å². The number of benzene rings is 1. The molecule has 1 aromatic rings. The standard InChI is InChI=1S/C18H31N3O3S/c1-5-18(22,6-2)14-21-17(19-7-3)20-13-12-15-8-10-16(11-9-15)25(4,23)24/h8-11,22H,5-7,12-14H2,1-4H3,(H2,19,20,21). The van der Waals surface area contributed by atoms with E-state index in [9.17, 15) is 13.5 Å². The predicted molar refractivity (Wildman–Crippen MR) is 103 cm³/mol. The van der Waals surface area contributed by atoms with Crippen molar-refractivity contribution in [3.8, 4) is 0 Å². The summed E-state index contributed by atoms with van der Waals surface area (Å²) in [6.07, 6.45) is 3.29. The average Bonchev–Trinajstić information content (AvgIpc) is 2.59. The van der Waals surface area contributed by atoms with Gasteiger partial charge in [-0.2, -0.15) is 0 Å². The lowest BCUT2D eigenvalue weighted by Crippen LogP contribution is -2.40. The highest BCUT2D eigenvalue weighted by atomic mass is 32.2. The average molecular weight is 370 g/mol. The first kappa shape index (κ1) is 21.4. The summed E-state index contributed by atoms with van der Waals surface area (Å²) >= 11 is 0. The van der Waals surface area contributed by atoms with E-state index in [0.29, 0.717) is 36.8 Å². The number of aliphatic hydroxyl groups is 1. The van der Waals surface area contributed by atoms with Crippen molar-refractivity contribution in [2.24, 2.45) is 4.99 Å². The lowest BCUT2D eigenvalue weighted by atomic mass is 9.98. The molecule has 0 aliphatic rings. The van der Waals surface area contributed by atoms with E-state index in [0.717, 1.165) is 18.5 Å². The smallest absolute Gasteiger partial charge is 0.191 e. The van der Waals surface area contributed by atoms with E-state index in [4.69, 9.17) is 0 Å². The number of rotatable bonds is 9. The molecule has 0 heterocycles. The van der Waals surface area contributed by atoms with Crippen LogP contribution in [0.15, 0.2) is 34.2 Å². The van der Waals surface area contributed by atoms with E-state index in [1.54, 1.807) is 12.1 Å². The molecule has 0 saturated heterocycles. The Labute approximate surface area is 151 Å². The van der Waals surface area contributed by atoms with E-state index in [-0.39, 0.29) is 0 Å².